The minimum atomic E-state index is -0.676. The van der Waals surface area contributed by atoms with Crippen LogP contribution in [0.25, 0.3) is 0 Å². The van der Waals surface area contributed by atoms with E-state index in [0.717, 1.165) is 3.57 Å². The molecule has 0 aliphatic rings. The van der Waals surface area contributed by atoms with Gasteiger partial charge in [-0.3, -0.25) is 4.79 Å². The summed E-state index contributed by atoms with van der Waals surface area (Å²) < 4.78 is 12.2. The molecule has 25 heavy (non-hydrogen) atoms. The van der Waals surface area contributed by atoms with Crippen molar-refractivity contribution in [2.75, 3.05) is 20.7 Å². The number of hydrogen-bond donors (Lipinski definition) is 0. The number of benzene rings is 1. The zero-order valence-corrected chi connectivity index (χ0v) is 19.7. The Morgan fingerprint density at radius 2 is 1.92 bits per heavy atom. The van der Waals surface area contributed by atoms with Gasteiger partial charge in [0.2, 0.25) is 5.78 Å². The Morgan fingerprint density at radius 3 is 2.40 bits per heavy atom. The molecule has 1 aromatic carbocycles. The first-order valence-electron chi connectivity index (χ1n) is 7.54. The first-order chi connectivity index (χ1) is 11.6. The summed E-state index contributed by atoms with van der Waals surface area (Å²) in [6.45, 7) is 5.70. The lowest BCUT2D eigenvalue weighted by atomic mass is 10.0. The van der Waals surface area contributed by atoms with Gasteiger partial charge in [0, 0.05) is 25.9 Å². The molecule has 1 aromatic rings. The highest BCUT2D eigenvalue weighted by Crippen LogP contribution is 2.37. The summed E-state index contributed by atoms with van der Waals surface area (Å²) in [5, 5.41) is 0.260. The average molecular weight is 592 g/mol. The van der Waals surface area contributed by atoms with Crippen LogP contribution < -0.4 is 4.74 Å². The van der Waals surface area contributed by atoms with Crippen molar-refractivity contribution in [3.05, 3.63) is 35.6 Å². The predicted molar refractivity (Wildman–Crippen MR) is 115 cm³/mol. The minimum absolute atomic E-state index is 0.0246. The van der Waals surface area contributed by atoms with E-state index in [9.17, 15) is 9.59 Å². The summed E-state index contributed by atoms with van der Waals surface area (Å²) in [5.41, 5.74) is 0.172. The molecule has 0 aliphatic carbocycles. The topological polar surface area (TPSA) is 55.8 Å². The summed E-state index contributed by atoms with van der Waals surface area (Å²) in [4.78, 5) is 26.7. The highest BCUT2D eigenvalue weighted by atomic mass is 127. The molecule has 0 saturated heterocycles. The second kappa shape index (κ2) is 9.96. The molecule has 0 fully saturated rings. The van der Waals surface area contributed by atoms with Crippen molar-refractivity contribution in [2.45, 2.75) is 26.9 Å². The number of ketones is 1. The summed E-state index contributed by atoms with van der Waals surface area (Å²) >= 11 is 10.5. The van der Waals surface area contributed by atoms with Gasteiger partial charge in [-0.1, -0.05) is 11.6 Å². The largest absolute Gasteiger partial charge is 0.489 e. The maximum Gasteiger partial charge on any atom is 0.343 e. The number of hydrogen-bond acceptors (Lipinski definition) is 5. The van der Waals surface area contributed by atoms with E-state index < -0.39 is 11.8 Å². The van der Waals surface area contributed by atoms with Gasteiger partial charge in [0.05, 0.1) is 24.9 Å². The molecular formula is C17H20ClI2NO4. The zero-order valence-electron chi connectivity index (χ0n) is 14.7. The van der Waals surface area contributed by atoms with Crippen molar-refractivity contribution in [3.63, 3.8) is 0 Å². The molecule has 0 radical (unpaired) electrons. The molecule has 0 N–H and O–H groups in total. The summed E-state index contributed by atoms with van der Waals surface area (Å²) in [6.07, 6.45) is 1.41. The summed E-state index contributed by atoms with van der Waals surface area (Å²) in [5.74, 6) is -0.527. The van der Waals surface area contributed by atoms with Crippen LogP contribution in [0.5, 0.6) is 5.75 Å². The monoisotopic (exact) mass is 591 g/mol. The van der Waals surface area contributed by atoms with Crippen molar-refractivity contribution in [1.82, 2.24) is 4.90 Å². The van der Waals surface area contributed by atoms with Gasteiger partial charge in [-0.25, -0.2) is 4.79 Å². The first kappa shape index (κ1) is 22.5. The molecule has 1 rings (SSSR count). The van der Waals surface area contributed by atoms with Gasteiger partial charge >= 0.3 is 5.97 Å². The Labute approximate surface area is 180 Å². The molecular weight excluding hydrogens is 571 g/mol. The van der Waals surface area contributed by atoms with Crippen molar-refractivity contribution in [2.24, 2.45) is 0 Å². The third-order valence-corrected chi connectivity index (χ3v) is 5.38. The second-order valence-electron chi connectivity index (χ2n) is 5.59. The Bertz CT molecular complexity index is 702. The second-order valence-corrected chi connectivity index (χ2v) is 8.20. The van der Waals surface area contributed by atoms with Gasteiger partial charge in [0.1, 0.15) is 11.3 Å². The molecule has 0 saturated carbocycles. The van der Waals surface area contributed by atoms with Gasteiger partial charge in [-0.05, 0) is 72.0 Å². The van der Waals surface area contributed by atoms with Crippen molar-refractivity contribution in [3.8, 4) is 5.75 Å². The van der Waals surface area contributed by atoms with E-state index in [0.29, 0.717) is 9.32 Å². The number of esters is 1. The van der Waals surface area contributed by atoms with E-state index in [1.54, 1.807) is 32.0 Å². The van der Waals surface area contributed by atoms with Gasteiger partial charge in [0.25, 0.3) is 0 Å². The van der Waals surface area contributed by atoms with Crippen LogP contribution in [0.2, 0.25) is 5.02 Å². The van der Waals surface area contributed by atoms with Gasteiger partial charge in [-0.15, -0.1) is 0 Å². The van der Waals surface area contributed by atoms with Crippen LogP contribution in [0.15, 0.2) is 17.8 Å². The lowest BCUT2D eigenvalue weighted by Crippen LogP contribution is -2.20. The molecule has 0 spiro atoms. The average Bonchev–Trinajstić information content (AvgIpc) is 2.51. The number of rotatable bonds is 7. The van der Waals surface area contributed by atoms with E-state index in [1.165, 1.54) is 6.20 Å². The van der Waals surface area contributed by atoms with Crippen molar-refractivity contribution >= 4 is 68.5 Å². The zero-order chi connectivity index (χ0) is 19.3. The Balaban J connectivity index is 3.43. The number of ether oxygens (including phenoxy) is 2. The number of halogens is 3. The SMILES string of the molecule is CCOC(=O)/C(=C\N(C)C)C(=O)c1cc(I)c(OC(C)C)c(I)c1Cl. The quantitative estimate of drug-likeness (QED) is 0.0888. The van der Waals surface area contributed by atoms with E-state index in [1.807, 2.05) is 36.4 Å². The van der Waals surface area contributed by atoms with Crippen LogP contribution in [-0.4, -0.2) is 43.5 Å². The van der Waals surface area contributed by atoms with Crippen LogP contribution in [0.1, 0.15) is 31.1 Å². The van der Waals surface area contributed by atoms with Gasteiger partial charge in [0.15, 0.2) is 0 Å². The predicted octanol–water partition coefficient (Wildman–Crippen LogP) is 4.53. The standard InChI is InChI=1S/C17H20ClI2NO4/c1-6-24-17(23)11(8-21(4)5)15(22)10-7-12(19)16(25-9(2)3)14(20)13(10)18/h7-9H,6H2,1-5H3/b11-8-. The van der Waals surface area contributed by atoms with Crippen LogP contribution in [0.3, 0.4) is 0 Å². The first-order valence-corrected chi connectivity index (χ1v) is 10.1. The highest BCUT2D eigenvalue weighted by molar-refractivity contribution is 14.1. The molecule has 0 heterocycles. The molecule has 0 amide bonds. The van der Waals surface area contributed by atoms with Crippen LogP contribution >= 0.6 is 56.8 Å². The molecule has 0 unspecified atom stereocenters. The molecule has 0 aromatic heterocycles. The van der Waals surface area contributed by atoms with E-state index in [4.69, 9.17) is 21.1 Å². The lowest BCUT2D eigenvalue weighted by molar-refractivity contribution is -0.138. The maximum atomic E-state index is 12.9. The Morgan fingerprint density at radius 1 is 1.32 bits per heavy atom. The Kier molecular flexibility index (Phi) is 8.96. The molecule has 138 valence electrons. The number of nitrogens with zero attached hydrogens (tertiary/aromatic N) is 1. The van der Waals surface area contributed by atoms with E-state index in [-0.39, 0.29) is 28.9 Å². The Hall–Kier alpha value is -0.550. The number of carbonyl (C=O) groups excluding carboxylic acids is 2. The third-order valence-electron chi connectivity index (χ3n) is 2.84. The van der Waals surface area contributed by atoms with Gasteiger partial charge in [-0.2, -0.15) is 0 Å². The van der Waals surface area contributed by atoms with Crippen molar-refractivity contribution in [1.29, 1.82) is 0 Å². The summed E-state index contributed by atoms with van der Waals surface area (Å²) in [6, 6.07) is 1.63. The maximum absolute atomic E-state index is 12.9. The fraction of sp³-hybridized carbons (Fsp3) is 0.412. The van der Waals surface area contributed by atoms with Crippen LogP contribution in [0, 0.1) is 7.14 Å². The fourth-order valence-electron chi connectivity index (χ4n) is 1.90. The third kappa shape index (κ3) is 5.99. The fourth-order valence-corrected chi connectivity index (χ4v) is 4.06. The minimum Gasteiger partial charge on any atom is -0.489 e. The summed E-state index contributed by atoms with van der Waals surface area (Å²) in [7, 11) is 3.45. The molecule has 0 aliphatic heterocycles. The van der Waals surface area contributed by atoms with E-state index >= 15 is 0 Å². The van der Waals surface area contributed by atoms with Crippen LogP contribution in [0.4, 0.5) is 0 Å². The van der Waals surface area contributed by atoms with Crippen LogP contribution in [-0.2, 0) is 9.53 Å². The smallest absolute Gasteiger partial charge is 0.343 e. The van der Waals surface area contributed by atoms with Crippen molar-refractivity contribution < 1.29 is 19.1 Å². The van der Waals surface area contributed by atoms with E-state index in [2.05, 4.69) is 22.6 Å². The number of Topliss-reactive ketones (excluding diaryl/α,β-unsaturated/α-hetero) is 1. The lowest BCUT2D eigenvalue weighted by Gasteiger charge is -2.17. The molecule has 0 bridgehead atoms. The normalized spacial score (nSPS) is 11.5. The molecule has 8 heteroatoms. The number of carbonyl (C=O) groups is 2. The van der Waals surface area contributed by atoms with Gasteiger partial charge < -0.3 is 14.4 Å². The molecule has 0 atom stereocenters. The molecule has 5 nitrogen and oxygen atoms in total. The highest BCUT2D eigenvalue weighted by Gasteiger charge is 2.27.